The number of nitrogens with one attached hydrogen (secondary N) is 2. The third-order valence-corrected chi connectivity index (χ3v) is 4.30. The Hall–Kier alpha value is -2.74. The van der Waals surface area contributed by atoms with E-state index in [4.69, 9.17) is 0 Å². The molecule has 0 atom stereocenters. The van der Waals surface area contributed by atoms with Gasteiger partial charge in [0, 0.05) is 51.3 Å². The average Bonchev–Trinajstić information content (AvgIpc) is 2.71. The van der Waals surface area contributed by atoms with Crippen LogP contribution >= 0.6 is 0 Å². The van der Waals surface area contributed by atoms with Gasteiger partial charge in [-0.15, -0.1) is 0 Å². The minimum absolute atomic E-state index is 0.151. The molecule has 8 heteroatoms. The van der Waals surface area contributed by atoms with Crippen molar-refractivity contribution in [3.63, 3.8) is 0 Å². The lowest BCUT2D eigenvalue weighted by atomic mass is 10.3. The van der Waals surface area contributed by atoms with Crippen LogP contribution < -0.4 is 15.5 Å². The topological polar surface area (TPSA) is 86.3 Å². The number of carbonyl (C=O) groups is 1. The second kappa shape index (κ2) is 9.67. The summed E-state index contributed by atoms with van der Waals surface area (Å²) in [4.78, 5) is 29.2. The maximum absolute atomic E-state index is 11.8. The van der Waals surface area contributed by atoms with Crippen molar-refractivity contribution in [3.8, 4) is 0 Å². The first kappa shape index (κ1) is 18.1. The number of urea groups is 1. The molecule has 138 valence electrons. The smallest absolute Gasteiger partial charge is 0.315 e. The molecule has 0 aromatic carbocycles. The van der Waals surface area contributed by atoms with E-state index in [-0.39, 0.29) is 6.03 Å². The second-order valence-electron chi connectivity index (χ2n) is 6.16. The summed E-state index contributed by atoms with van der Waals surface area (Å²) in [5.41, 5.74) is 0.850. The molecular weight excluding hydrogens is 330 g/mol. The number of piperazine rings is 1. The zero-order valence-corrected chi connectivity index (χ0v) is 14.8. The lowest BCUT2D eigenvalue weighted by Crippen LogP contribution is -2.47. The van der Waals surface area contributed by atoms with Gasteiger partial charge in [-0.05, 0) is 31.2 Å². The van der Waals surface area contributed by atoms with E-state index in [1.807, 2.05) is 24.3 Å². The Labute approximate surface area is 153 Å². The van der Waals surface area contributed by atoms with E-state index in [9.17, 15) is 4.79 Å². The fraction of sp³-hybridized carbons (Fsp3) is 0.444. The van der Waals surface area contributed by atoms with Crippen molar-refractivity contribution in [2.24, 2.45) is 0 Å². The molecule has 3 heterocycles. The lowest BCUT2D eigenvalue weighted by molar-refractivity contribution is 0.235. The van der Waals surface area contributed by atoms with Gasteiger partial charge in [0.15, 0.2) is 0 Å². The Morgan fingerprint density at radius 1 is 0.962 bits per heavy atom. The van der Waals surface area contributed by atoms with Crippen molar-refractivity contribution in [3.05, 3.63) is 48.5 Å². The van der Waals surface area contributed by atoms with E-state index in [0.717, 1.165) is 50.8 Å². The van der Waals surface area contributed by atoms with Crippen LogP contribution in [0, 0.1) is 0 Å². The molecule has 0 spiro atoms. The monoisotopic (exact) mass is 355 g/mol. The third kappa shape index (κ3) is 5.66. The van der Waals surface area contributed by atoms with Crippen LogP contribution in [0.5, 0.6) is 0 Å². The molecule has 1 aliphatic rings. The van der Waals surface area contributed by atoms with Crippen molar-refractivity contribution in [1.29, 1.82) is 0 Å². The van der Waals surface area contributed by atoms with Crippen LogP contribution in [0.15, 0.2) is 42.9 Å². The number of carbonyl (C=O) groups excluding carboxylic acids is 1. The molecule has 8 nitrogen and oxygen atoms in total. The number of anilines is 1. The molecule has 0 unspecified atom stereocenters. The molecule has 0 saturated carbocycles. The first-order chi connectivity index (χ1) is 12.8. The van der Waals surface area contributed by atoms with E-state index in [1.165, 1.54) is 0 Å². The van der Waals surface area contributed by atoms with Gasteiger partial charge in [-0.2, -0.15) is 0 Å². The summed E-state index contributed by atoms with van der Waals surface area (Å²) in [7, 11) is 0. The summed E-state index contributed by atoms with van der Waals surface area (Å²) in [5.74, 6) is 0.804. The zero-order chi connectivity index (χ0) is 18.0. The van der Waals surface area contributed by atoms with E-state index in [2.05, 4.69) is 35.4 Å². The lowest BCUT2D eigenvalue weighted by Gasteiger charge is -2.34. The van der Waals surface area contributed by atoms with Gasteiger partial charge >= 0.3 is 6.03 Å². The van der Waals surface area contributed by atoms with E-state index < -0.39 is 0 Å². The van der Waals surface area contributed by atoms with Crippen molar-refractivity contribution >= 4 is 12.0 Å². The number of aromatic nitrogens is 3. The minimum Gasteiger partial charge on any atom is -0.338 e. The molecule has 1 aliphatic heterocycles. The maximum Gasteiger partial charge on any atom is 0.315 e. The van der Waals surface area contributed by atoms with Crippen LogP contribution in [0.4, 0.5) is 10.7 Å². The quantitative estimate of drug-likeness (QED) is 0.717. The summed E-state index contributed by atoms with van der Waals surface area (Å²) >= 11 is 0. The third-order valence-electron chi connectivity index (χ3n) is 4.30. The van der Waals surface area contributed by atoms with Crippen molar-refractivity contribution in [2.45, 2.75) is 13.0 Å². The van der Waals surface area contributed by atoms with Crippen molar-refractivity contribution < 1.29 is 4.79 Å². The largest absolute Gasteiger partial charge is 0.338 e. The van der Waals surface area contributed by atoms with Gasteiger partial charge in [0.05, 0.1) is 12.2 Å². The van der Waals surface area contributed by atoms with Crippen LogP contribution in [0.3, 0.4) is 0 Å². The highest BCUT2D eigenvalue weighted by atomic mass is 16.2. The Morgan fingerprint density at radius 2 is 1.73 bits per heavy atom. The normalized spacial score (nSPS) is 14.8. The Balaban J connectivity index is 1.26. The Morgan fingerprint density at radius 3 is 2.46 bits per heavy atom. The van der Waals surface area contributed by atoms with Crippen molar-refractivity contribution in [2.75, 3.05) is 44.2 Å². The van der Waals surface area contributed by atoms with Gasteiger partial charge in [0.2, 0.25) is 5.95 Å². The standard InChI is InChI=1S/C18H25N7O/c26-18(23-15-16-5-1-2-6-19-16)22-9-4-10-24-11-13-25(14-12-24)17-20-7-3-8-21-17/h1-3,5-8H,4,9-15H2,(H2,22,23,26). The van der Waals surface area contributed by atoms with E-state index >= 15 is 0 Å². The molecule has 3 rings (SSSR count). The highest BCUT2D eigenvalue weighted by Crippen LogP contribution is 2.09. The molecule has 0 aliphatic carbocycles. The molecular formula is C18H25N7O. The van der Waals surface area contributed by atoms with Gasteiger partial charge < -0.3 is 15.5 Å². The van der Waals surface area contributed by atoms with Crippen LogP contribution in [-0.2, 0) is 6.54 Å². The van der Waals surface area contributed by atoms with Crippen LogP contribution in [0.25, 0.3) is 0 Å². The van der Waals surface area contributed by atoms with Gasteiger partial charge in [-0.3, -0.25) is 9.88 Å². The summed E-state index contributed by atoms with van der Waals surface area (Å²) in [6.07, 6.45) is 6.20. The van der Waals surface area contributed by atoms with Crippen LogP contribution in [0.2, 0.25) is 0 Å². The number of pyridine rings is 1. The van der Waals surface area contributed by atoms with Gasteiger partial charge in [-0.1, -0.05) is 6.07 Å². The van der Waals surface area contributed by atoms with Gasteiger partial charge in [0.1, 0.15) is 0 Å². The van der Waals surface area contributed by atoms with Gasteiger partial charge in [-0.25, -0.2) is 14.8 Å². The second-order valence-corrected chi connectivity index (χ2v) is 6.16. The summed E-state index contributed by atoms with van der Waals surface area (Å²) in [5, 5.41) is 5.71. The average molecular weight is 355 g/mol. The summed E-state index contributed by atoms with van der Waals surface area (Å²) in [6.45, 7) is 5.93. The fourth-order valence-electron chi connectivity index (χ4n) is 2.87. The first-order valence-electron chi connectivity index (χ1n) is 8.97. The summed E-state index contributed by atoms with van der Waals surface area (Å²) < 4.78 is 0. The number of hydrogen-bond donors (Lipinski definition) is 2. The molecule has 0 radical (unpaired) electrons. The minimum atomic E-state index is -0.151. The van der Waals surface area contributed by atoms with E-state index in [1.54, 1.807) is 18.6 Å². The number of hydrogen-bond acceptors (Lipinski definition) is 6. The Kier molecular flexibility index (Phi) is 6.72. The molecule has 2 amide bonds. The van der Waals surface area contributed by atoms with Crippen molar-refractivity contribution in [1.82, 2.24) is 30.5 Å². The molecule has 2 aromatic heterocycles. The molecule has 26 heavy (non-hydrogen) atoms. The molecule has 2 aromatic rings. The maximum atomic E-state index is 11.8. The highest BCUT2D eigenvalue weighted by Gasteiger charge is 2.18. The number of nitrogens with zero attached hydrogens (tertiary/aromatic N) is 5. The van der Waals surface area contributed by atoms with Crippen LogP contribution in [0.1, 0.15) is 12.1 Å². The Bertz CT molecular complexity index is 660. The van der Waals surface area contributed by atoms with E-state index in [0.29, 0.717) is 13.1 Å². The number of rotatable bonds is 7. The number of amides is 2. The zero-order valence-electron chi connectivity index (χ0n) is 14.8. The first-order valence-corrected chi connectivity index (χ1v) is 8.97. The predicted octanol–water partition coefficient (Wildman–Crippen LogP) is 0.883. The highest BCUT2D eigenvalue weighted by molar-refractivity contribution is 5.73. The SMILES string of the molecule is O=C(NCCCN1CCN(c2ncccn2)CC1)NCc1ccccn1. The summed E-state index contributed by atoms with van der Waals surface area (Å²) in [6, 6.07) is 7.34. The molecule has 1 fully saturated rings. The fourth-order valence-corrected chi connectivity index (χ4v) is 2.87. The molecule has 0 bridgehead atoms. The van der Waals surface area contributed by atoms with Gasteiger partial charge in [0.25, 0.3) is 0 Å². The van der Waals surface area contributed by atoms with Crippen LogP contribution in [-0.4, -0.2) is 65.2 Å². The molecule has 2 N–H and O–H groups in total. The molecule has 1 saturated heterocycles. The predicted molar refractivity (Wildman–Crippen MR) is 99.8 cm³/mol.